The van der Waals surface area contributed by atoms with Crippen LogP contribution in [0.1, 0.15) is 24.2 Å². The first-order chi connectivity index (χ1) is 14.7. The van der Waals surface area contributed by atoms with Crippen LogP contribution in [0.5, 0.6) is 0 Å². The lowest BCUT2D eigenvalue weighted by molar-refractivity contribution is -0.113. The Morgan fingerprint density at radius 3 is 2.60 bits per heavy atom. The van der Waals surface area contributed by atoms with Crippen molar-refractivity contribution in [2.45, 2.75) is 31.1 Å². The number of nitrogens with zero attached hydrogens (tertiary/aromatic N) is 5. The van der Waals surface area contributed by atoms with Crippen LogP contribution in [0.25, 0.3) is 0 Å². The van der Waals surface area contributed by atoms with Gasteiger partial charge in [-0.05, 0) is 43.6 Å². The number of amides is 1. The first-order valence-corrected chi connectivity index (χ1v) is 11.3. The van der Waals surface area contributed by atoms with E-state index >= 15 is 0 Å². The van der Waals surface area contributed by atoms with Gasteiger partial charge in [0.05, 0.1) is 23.9 Å². The molecule has 1 amide bonds. The van der Waals surface area contributed by atoms with Crippen molar-refractivity contribution in [3.8, 4) is 0 Å². The highest BCUT2D eigenvalue weighted by molar-refractivity contribution is 7.99. The van der Waals surface area contributed by atoms with Gasteiger partial charge in [0.1, 0.15) is 11.6 Å². The average molecular weight is 443 g/mol. The van der Waals surface area contributed by atoms with Gasteiger partial charge in [0.15, 0.2) is 5.16 Å². The quantitative estimate of drug-likeness (QED) is 0.536. The third-order valence-corrected chi connectivity index (χ3v) is 6.06. The van der Waals surface area contributed by atoms with Gasteiger partial charge >= 0.3 is 0 Å². The molecule has 4 rings (SSSR count). The fraction of sp³-hybridized carbons (Fsp3) is 0.333. The number of carbonyl (C=O) groups excluding carboxylic acids is 1. The lowest BCUT2D eigenvalue weighted by Crippen LogP contribution is -2.22. The normalized spacial score (nSPS) is 14.2. The second-order valence-corrected chi connectivity index (χ2v) is 8.53. The fourth-order valence-corrected chi connectivity index (χ4v) is 4.24. The van der Waals surface area contributed by atoms with E-state index in [1.54, 1.807) is 12.1 Å². The molecule has 0 aliphatic carbocycles. The molecule has 1 fully saturated rings. The van der Waals surface area contributed by atoms with Crippen molar-refractivity contribution in [2.24, 2.45) is 0 Å². The number of thioether (sulfide) groups is 1. The van der Waals surface area contributed by atoms with E-state index in [9.17, 15) is 4.79 Å². The predicted octanol–water partition coefficient (Wildman–Crippen LogP) is 3.70. The van der Waals surface area contributed by atoms with Crippen LogP contribution in [0.3, 0.4) is 0 Å². The summed E-state index contributed by atoms with van der Waals surface area (Å²) < 4.78 is 2.12. The Morgan fingerprint density at radius 1 is 1.07 bits per heavy atom. The van der Waals surface area contributed by atoms with Crippen molar-refractivity contribution in [3.63, 3.8) is 0 Å². The Labute approximate surface area is 184 Å². The molecule has 1 N–H and O–H groups in total. The molecular weight excluding hydrogens is 420 g/mol. The first-order valence-electron chi connectivity index (χ1n) is 9.90. The zero-order valence-electron chi connectivity index (χ0n) is 16.5. The summed E-state index contributed by atoms with van der Waals surface area (Å²) in [6, 6.07) is 13.6. The zero-order valence-corrected chi connectivity index (χ0v) is 18.1. The lowest BCUT2D eigenvalue weighted by Gasteiger charge is -2.16. The van der Waals surface area contributed by atoms with Gasteiger partial charge in [0.2, 0.25) is 5.91 Å². The summed E-state index contributed by atoms with van der Waals surface area (Å²) in [6.07, 6.45) is 3.96. The summed E-state index contributed by atoms with van der Waals surface area (Å²) in [6.45, 7) is 3.65. The maximum Gasteiger partial charge on any atom is 0.236 e. The average Bonchev–Trinajstić information content (AvgIpc) is 3.40. The minimum Gasteiger partial charge on any atom is -0.310 e. The van der Waals surface area contributed by atoms with E-state index in [0.29, 0.717) is 17.4 Å². The molecular formula is C21H23ClN6OS. The molecule has 0 spiro atoms. The van der Waals surface area contributed by atoms with Gasteiger partial charge in [-0.3, -0.25) is 9.69 Å². The molecule has 1 aliphatic rings. The monoisotopic (exact) mass is 442 g/mol. The number of rotatable bonds is 8. The number of hydrogen-bond donors (Lipinski definition) is 1. The molecule has 1 aromatic carbocycles. The van der Waals surface area contributed by atoms with E-state index in [1.165, 1.54) is 36.4 Å². The highest BCUT2D eigenvalue weighted by Gasteiger charge is 2.19. The topological polar surface area (TPSA) is 75.9 Å². The second-order valence-electron chi connectivity index (χ2n) is 7.15. The van der Waals surface area contributed by atoms with Gasteiger partial charge in [-0.25, -0.2) is 4.98 Å². The minimum atomic E-state index is -0.148. The largest absolute Gasteiger partial charge is 0.310 e. The number of hydrogen-bond acceptors (Lipinski definition) is 6. The molecule has 156 valence electrons. The molecule has 9 heteroatoms. The van der Waals surface area contributed by atoms with Crippen LogP contribution in [0, 0.1) is 0 Å². The minimum absolute atomic E-state index is 0.148. The number of nitrogens with one attached hydrogen (secondary N) is 1. The van der Waals surface area contributed by atoms with Gasteiger partial charge < -0.3 is 9.88 Å². The predicted molar refractivity (Wildman–Crippen MR) is 119 cm³/mol. The molecule has 0 saturated carbocycles. The van der Waals surface area contributed by atoms with Crippen molar-refractivity contribution in [1.29, 1.82) is 0 Å². The molecule has 7 nitrogen and oxygen atoms in total. The zero-order chi connectivity index (χ0) is 20.8. The summed E-state index contributed by atoms with van der Waals surface area (Å²) in [4.78, 5) is 18.9. The van der Waals surface area contributed by atoms with Crippen LogP contribution in [0.4, 0.5) is 5.82 Å². The number of halogens is 1. The third-order valence-electron chi connectivity index (χ3n) is 4.87. The number of aromatic nitrogens is 4. The number of carbonyl (C=O) groups is 1. The molecule has 3 aromatic rings. The number of anilines is 1. The van der Waals surface area contributed by atoms with Crippen molar-refractivity contribution >= 4 is 35.1 Å². The SMILES string of the molecule is O=C(CSc1nnc(CN2CCCC2)n1Cc1ccccc1)Nc1ccc(Cl)cn1. The first kappa shape index (κ1) is 20.8. The summed E-state index contributed by atoms with van der Waals surface area (Å²) in [5.74, 6) is 1.49. The molecule has 0 bridgehead atoms. The highest BCUT2D eigenvalue weighted by Crippen LogP contribution is 2.21. The molecule has 1 saturated heterocycles. The van der Waals surface area contributed by atoms with Gasteiger partial charge in [-0.15, -0.1) is 10.2 Å². The molecule has 2 aromatic heterocycles. The number of likely N-dealkylation sites (tertiary alicyclic amines) is 1. The second kappa shape index (κ2) is 10.1. The molecule has 30 heavy (non-hydrogen) atoms. The molecule has 3 heterocycles. The van der Waals surface area contributed by atoms with Crippen LogP contribution in [-0.4, -0.2) is 49.4 Å². The van der Waals surface area contributed by atoms with Crippen molar-refractivity contribution in [3.05, 3.63) is 65.1 Å². The summed E-state index contributed by atoms with van der Waals surface area (Å²) in [5, 5.41) is 12.9. The maximum absolute atomic E-state index is 12.4. The highest BCUT2D eigenvalue weighted by atomic mass is 35.5. The van der Waals surface area contributed by atoms with Gasteiger partial charge in [0.25, 0.3) is 0 Å². The third kappa shape index (κ3) is 5.59. The van der Waals surface area contributed by atoms with E-state index in [4.69, 9.17) is 11.6 Å². The van der Waals surface area contributed by atoms with Crippen LogP contribution in [0.2, 0.25) is 5.02 Å². The Hall–Kier alpha value is -2.42. The maximum atomic E-state index is 12.4. The molecule has 1 aliphatic heterocycles. The number of benzene rings is 1. The molecule has 0 atom stereocenters. The van der Waals surface area contributed by atoms with E-state index < -0.39 is 0 Å². The van der Waals surface area contributed by atoms with Crippen LogP contribution >= 0.6 is 23.4 Å². The van der Waals surface area contributed by atoms with Crippen LogP contribution in [0.15, 0.2) is 53.8 Å². The lowest BCUT2D eigenvalue weighted by atomic mass is 10.2. The molecule has 0 radical (unpaired) electrons. The van der Waals surface area contributed by atoms with Crippen molar-refractivity contribution in [2.75, 3.05) is 24.2 Å². The van der Waals surface area contributed by atoms with E-state index in [1.807, 2.05) is 18.2 Å². The van der Waals surface area contributed by atoms with E-state index in [0.717, 1.165) is 30.6 Å². The van der Waals surface area contributed by atoms with Crippen LogP contribution in [-0.2, 0) is 17.9 Å². The Bertz CT molecular complexity index is 973. The fourth-order valence-electron chi connectivity index (χ4n) is 3.37. The van der Waals surface area contributed by atoms with Gasteiger partial charge in [-0.1, -0.05) is 53.7 Å². The van der Waals surface area contributed by atoms with E-state index in [-0.39, 0.29) is 11.7 Å². The number of pyridine rings is 1. The van der Waals surface area contributed by atoms with Crippen LogP contribution < -0.4 is 5.32 Å². The van der Waals surface area contributed by atoms with Gasteiger partial charge in [0, 0.05) is 6.20 Å². The van der Waals surface area contributed by atoms with E-state index in [2.05, 4.69) is 42.1 Å². The van der Waals surface area contributed by atoms with Crippen molar-refractivity contribution in [1.82, 2.24) is 24.6 Å². The Balaban J connectivity index is 1.45. The summed E-state index contributed by atoms with van der Waals surface area (Å²) >= 11 is 7.22. The van der Waals surface area contributed by atoms with Gasteiger partial charge in [-0.2, -0.15) is 0 Å². The Morgan fingerprint density at radius 2 is 1.87 bits per heavy atom. The standard InChI is InChI=1S/C21H23ClN6OS/c22-17-8-9-18(23-12-17)24-20(29)15-30-21-26-25-19(14-27-10-4-5-11-27)28(21)13-16-6-2-1-3-7-16/h1-3,6-9,12H,4-5,10-11,13-15H2,(H,23,24,29). The Kier molecular flexibility index (Phi) is 6.99. The summed E-state index contributed by atoms with van der Waals surface area (Å²) in [7, 11) is 0. The smallest absolute Gasteiger partial charge is 0.236 e. The van der Waals surface area contributed by atoms with Crippen molar-refractivity contribution < 1.29 is 4.79 Å². The summed E-state index contributed by atoms with van der Waals surface area (Å²) in [5.41, 5.74) is 1.18. The molecule has 0 unspecified atom stereocenters.